The smallest absolute Gasteiger partial charge is 0.168 e. The van der Waals surface area contributed by atoms with E-state index in [4.69, 9.17) is 0 Å². The van der Waals surface area contributed by atoms with E-state index in [1.807, 2.05) is 0 Å². The first-order valence-electron chi connectivity index (χ1n) is 1.65. The van der Waals surface area contributed by atoms with Gasteiger partial charge in [-0.25, -0.2) is 13.2 Å². The van der Waals surface area contributed by atoms with Crippen molar-refractivity contribution >= 4 is 0 Å². The number of rotatable bonds is 0. The fraction of sp³-hybridized carbons (Fsp3) is 1.00. The molecular formula is C3H3F3. The molecule has 0 nitrogen and oxygen atoms in total. The third-order valence-electron chi connectivity index (χ3n) is 0.772. The topological polar surface area (TPSA) is 0 Å². The van der Waals surface area contributed by atoms with Gasteiger partial charge in [0.15, 0.2) is 18.5 Å². The second-order valence-corrected chi connectivity index (χ2v) is 1.33. The van der Waals surface area contributed by atoms with Crippen molar-refractivity contribution in [2.75, 3.05) is 0 Å². The van der Waals surface area contributed by atoms with Crippen LogP contribution in [0.1, 0.15) is 0 Å². The van der Waals surface area contributed by atoms with Crippen LogP contribution in [0.5, 0.6) is 0 Å². The van der Waals surface area contributed by atoms with Crippen LogP contribution in [-0.4, -0.2) is 18.5 Å². The summed E-state index contributed by atoms with van der Waals surface area (Å²) >= 11 is 0. The molecule has 0 bridgehead atoms. The highest BCUT2D eigenvalue weighted by Gasteiger charge is 2.53. The molecule has 3 heteroatoms. The van der Waals surface area contributed by atoms with Gasteiger partial charge in [-0.1, -0.05) is 0 Å². The monoisotopic (exact) mass is 96.0 g/mol. The molecule has 36 valence electrons. The average molecular weight is 96.1 g/mol. The van der Waals surface area contributed by atoms with Gasteiger partial charge in [0, 0.05) is 0 Å². The first kappa shape index (κ1) is 3.96. The Morgan fingerprint density at radius 2 is 0.833 bits per heavy atom. The molecule has 0 heterocycles. The Kier molecular flexibility index (Phi) is 0.588. The zero-order chi connectivity index (χ0) is 4.73. The highest BCUT2D eigenvalue weighted by atomic mass is 19.2. The van der Waals surface area contributed by atoms with Crippen molar-refractivity contribution < 1.29 is 13.2 Å². The molecule has 0 unspecified atom stereocenters. The summed E-state index contributed by atoms with van der Waals surface area (Å²) in [6.45, 7) is 0. The fourth-order valence-electron chi connectivity index (χ4n) is 0.208. The molecule has 1 saturated carbocycles. The summed E-state index contributed by atoms with van der Waals surface area (Å²) in [5, 5.41) is 0. The van der Waals surface area contributed by atoms with Gasteiger partial charge in [0.1, 0.15) is 0 Å². The summed E-state index contributed by atoms with van der Waals surface area (Å²) in [6.07, 6.45) is -5.44. The third kappa shape index (κ3) is 0.308. The maximum atomic E-state index is 11.1. The van der Waals surface area contributed by atoms with Crippen molar-refractivity contribution in [2.24, 2.45) is 0 Å². The van der Waals surface area contributed by atoms with Crippen molar-refractivity contribution in [1.82, 2.24) is 0 Å². The zero-order valence-corrected chi connectivity index (χ0v) is 2.87. The van der Waals surface area contributed by atoms with E-state index in [0.717, 1.165) is 0 Å². The second kappa shape index (κ2) is 0.891. The van der Waals surface area contributed by atoms with Crippen LogP contribution in [0.2, 0.25) is 0 Å². The standard InChI is InChI=1S/C3H3F3/c4-1-2(5)3(1)6/h1-3H. The van der Waals surface area contributed by atoms with Crippen molar-refractivity contribution in [1.29, 1.82) is 0 Å². The lowest BCUT2D eigenvalue weighted by Gasteiger charge is -1.58. The molecule has 0 spiro atoms. The Morgan fingerprint density at radius 3 is 0.833 bits per heavy atom. The van der Waals surface area contributed by atoms with Gasteiger partial charge in [-0.2, -0.15) is 0 Å². The molecule has 0 atom stereocenters. The van der Waals surface area contributed by atoms with Gasteiger partial charge in [-0.05, 0) is 0 Å². The van der Waals surface area contributed by atoms with Crippen molar-refractivity contribution in [3.8, 4) is 0 Å². The summed E-state index contributed by atoms with van der Waals surface area (Å²) in [7, 11) is 0. The van der Waals surface area contributed by atoms with Crippen molar-refractivity contribution in [3.05, 3.63) is 0 Å². The van der Waals surface area contributed by atoms with E-state index in [2.05, 4.69) is 0 Å². The summed E-state index contributed by atoms with van der Waals surface area (Å²) in [6, 6.07) is 0. The van der Waals surface area contributed by atoms with E-state index in [1.165, 1.54) is 0 Å². The minimum Gasteiger partial charge on any atom is -0.241 e. The molecule has 0 saturated heterocycles. The van der Waals surface area contributed by atoms with Gasteiger partial charge >= 0.3 is 0 Å². The Hall–Kier alpha value is -0.210. The quantitative estimate of drug-likeness (QED) is 0.422. The molecule has 0 aromatic carbocycles. The zero-order valence-electron chi connectivity index (χ0n) is 2.87. The van der Waals surface area contributed by atoms with Crippen LogP contribution in [-0.2, 0) is 0 Å². The second-order valence-electron chi connectivity index (χ2n) is 1.33. The minimum absolute atomic E-state index is 1.81. The minimum atomic E-state index is -1.81. The van der Waals surface area contributed by atoms with Crippen LogP contribution in [0.4, 0.5) is 13.2 Å². The molecule has 0 amide bonds. The highest BCUT2D eigenvalue weighted by molar-refractivity contribution is 4.99. The first-order chi connectivity index (χ1) is 2.73. The third-order valence-corrected chi connectivity index (χ3v) is 0.772. The lowest BCUT2D eigenvalue weighted by Crippen LogP contribution is -1.68. The Bertz CT molecular complexity index is 42.8. The van der Waals surface area contributed by atoms with Crippen LogP contribution < -0.4 is 0 Å². The highest BCUT2D eigenvalue weighted by Crippen LogP contribution is 2.32. The van der Waals surface area contributed by atoms with Crippen molar-refractivity contribution in [3.63, 3.8) is 0 Å². The number of alkyl halides is 3. The van der Waals surface area contributed by atoms with Crippen LogP contribution >= 0.6 is 0 Å². The van der Waals surface area contributed by atoms with Crippen LogP contribution in [0, 0.1) is 0 Å². The van der Waals surface area contributed by atoms with E-state index in [1.54, 1.807) is 0 Å². The lowest BCUT2D eigenvalue weighted by atomic mass is 10.9. The Morgan fingerprint density at radius 1 is 0.667 bits per heavy atom. The number of halogens is 3. The SMILES string of the molecule is FC1C(F)C1F. The summed E-state index contributed by atoms with van der Waals surface area (Å²) in [4.78, 5) is 0. The molecule has 0 aromatic heterocycles. The fourth-order valence-corrected chi connectivity index (χ4v) is 0.208. The van der Waals surface area contributed by atoms with E-state index in [-0.39, 0.29) is 0 Å². The normalized spacial score (nSPS) is 55.5. The van der Waals surface area contributed by atoms with E-state index in [0.29, 0.717) is 0 Å². The molecule has 1 rings (SSSR count). The molecule has 1 fully saturated rings. The number of hydrogen-bond donors (Lipinski definition) is 0. The molecule has 0 radical (unpaired) electrons. The number of hydrogen-bond acceptors (Lipinski definition) is 0. The molecule has 0 N–H and O–H groups in total. The van der Waals surface area contributed by atoms with Gasteiger partial charge in [0.05, 0.1) is 0 Å². The predicted molar refractivity (Wildman–Crippen MR) is 14.7 cm³/mol. The predicted octanol–water partition coefficient (Wildman–Crippen LogP) is 1.01. The van der Waals surface area contributed by atoms with Gasteiger partial charge in [-0.3, -0.25) is 0 Å². The maximum Gasteiger partial charge on any atom is 0.168 e. The van der Waals surface area contributed by atoms with Crippen LogP contribution in [0.25, 0.3) is 0 Å². The van der Waals surface area contributed by atoms with Gasteiger partial charge in [0.2, 0.25) is 0 Å². The van der Waals surface area contributed by atoms with E-state index < -0.39 is 18.5 Å². The van der Waals surface area contributed by atoms with Crippen LogP contribution in [0.3, 0.4) is 0 Å². The molecule has 1 aliphatic carbocycles. The largest absolute Gasteiger partial charge is 0.241 e. The van der Waals surface area contributed by atoms with E-state index >= 15 is 0 Å². The summed E-state index contributed by atoms with van der Waals surface area (Å²) < 4.78 is 33.4. The Balaban J connectivity index is 2.31. The van der Waals surface area contributed by atoms with Crippen LogP contribution in [0.15, 0.2) is 0 Å². The van der Waals surface area contributed by atoms with E-state index in [9.17, 15) is 13.2 Å². The molecular weight excluding hydrogens is 93.0 g/mol. The summed E-state index contributed by atoms with van der Waals surface area (Å²) in [5.74, 6) is 0. The lowest BCUT2D eigenvalue weighted by molar-refractivity contribution is 0.372. The maximum absolute atomic E-state index is 11.1. The Labute approximate surface area is 33.0 Å². The van der Waals surface area contributed by atoms with Gasteiger partial charge in [0.25, 0.3) is 0 Å². The average Bonchev–Trinajstić information content (AvgIpc) is 1.94. The summed E-state index contributed by atoms with van der Waals surface area (Å²) in [5.41, 5.74) is 0. The first-order valence-corrected chi connectivity index (χ1v) is 1.65. The molecule has 0 aliphatic heterocycles. The molecule has 6 heavy (non-hydrogen) atoms. The molecule has 0 aromatic rings. The van der Waals surface area contributed by atoms with Crippen molar-refractivity contribution in [2.45, 2.75) is 18.5 Å². The molecule has 1 aliphatic rings. The van der Waals surface area contributed by atoms with Gasteiger partial charge < -0.3 is 0 Å². The van der Waals surface area contributed by atoms with Gasteiger partial charge in [-0.15, -0.1) is 0 Å².